The van der Waals surface area contributed by atoms with Crippen molar-refractivity contribution in [3.05, 3.63) is 35.9 Å². The van der Waals surface area contributed by atoms with Crippen molar-refractivity contribution in [3.63, 3.8) is 0 Å². The lowest BCUT2D eigenvalue weighted by molar-refractivity contribution is -0.117. The van der Waals surface area contributed by atoms with Gasteiger partial charge in [-0.1, -0.05) is 24.5 Å². The molecule has 8 heteroatoms. The van der Waals surface area contributed by atoms with Crippen molar-refractivity contribution < 1.29 is 19.1 Å². The highest BCUT2D eigenvalue weighted by molar-refractivity contribution is 8.00. The quantitative estimate of drug-likeness (QED) is 0.254. The Hall–Kier alpha value is -2.03. The van der Waals surface area contributed by atoms with E-state index in [0.717, 1.165) is 17.9 Å². The second-order valence-corrected chi connectivity index (χ2v) is 10.3. The number of hydrogen-bond donors (Lipinski definition) is 3. The second kappa shape index (κ2) is 10.3. The van der Waals surface area contributed by atoms with Crippen LogP contribution in [0.3, 0.4) is 0 Å². The number of imide groups is 1. The molecular formula is C24H35N3O4S. The van der Waals surface area contributed by atoms with Gasteiger partial charge in [-0.25, -0.2) is 4.79 Å². The number of primary amides is 1. The maximum absolute atomic E-state index is 11.0. The van der Waals surface area contributed by atoms with E-state index in [1.165, 1.54) is 43.0 Å². The first kappa shape index (κ1) is 24.6. The average Bonchev–Trinajstić information content (AvgIpc) is 3.64. The molecule has 1 aliphatic carbocycles. The van der Waals surface area contributed by atoms with Gasteiger partial charge in [-0.05, 0) is 64.3 Å². The number of nitrogens with two attached hydrogens (primary N) is 2. The summed E-state index contributed by atoms with van der Waals surface area (Å²) in [5, 5.41) is 1.98. The second-order valence-electron chi connectivity index (χ2n) is 9.23. The minimum atomic E-state index is -0.835. The third-order valence-corrected chi connectivity index (χ3v) is 7.43. The molecule has 4 rings (SSSR count). The summed E-state index contributed by atoms with van der Waals surface area (Å²) in [6, 6.07) is 6.26. The number of hydrogen-bond acceptors (Lipinski definition) is 6. The number of carbonyl (C=O) groups excluding carboxylic acids is 2. The van der Waals surface area contributed by atoms with E-state index in [1.54, 1.807) is 24.3 Å². The molecule has 2 heterocycles. The summed E-state index contributed by atoms with van der Waals surface area (Å²) in [7, 11) is 0. The lowest BCUT2D eigenvalue weighted by atomic mass is 9.71. The Morgan fingerprint density at radius 2 is 1.94 bits per heavy atom. The van der Waals surface area contributed by atoms with Gasteiger partial charge in [0.05, 0.1) is 29.7 Å². The minimum Gasteiger partial charge on any atom is -0.399 e. The first-order valence-corrected chi connectivity index (χ1v) is 12.2. The zero-order valence-electron chi connectivity index (χ0n) is 19.2. The van der Waals surface area contributed by atoms with Crippen LogP contribution in [0.15, 0.2) is 40.8 Å². The zero-order valence-corrected chi connectivity index (χ0v) is 20.0. The maximum Gasteiger partial charge on any atom is 0.318 e. The van der Waals surface area contributed by atoms with Gasteiger partial charge in [0.1, 0.15) is 0 Å². The molecule has 1 aromatic carbocycles. The van der Waals surface area contributed by atoms with Crippen LogP contribution in [-0.2, 0) is 14.3 Å². The molecular weight excluding hydrogens is 426 g/mol. The Kier molecular flexibility index (Phi) is 7.90. The smallest absolute Gasteiger partial charge is 0.318 e. The molecule has 3 fully saturated rings. The third kappa shape index (κ3) is 6.49. The summed E-state index contributed by atoms with van der Waals surface area (Å²) >= 11 is 1.30. The van der Waals surface area contributed by atoms with Crippen LogP contribution < -0.4 is 16.8 Å². The SMILES string of the molecule is CC(C)=CCC1OC1(C)C1CCCCC12CO2.NC(=O)NC(=O)CSc1ccc(N)cc1. The summed E-state index contributed by atoms with van der Waals surface area (Å²) < 4.78 is 11.8. The normalized spacial score (nSPS) is 30.0. The molecule has 3 amide bonds. The van der Waals surface area contributed by atoms with Crippen molar-refractivity contribution in [1.29, 1.82) is 0 Å². The lowest BCUT2D eigenvalue weighted by Gasteiger charge is -2.32. The number of rotatable bonds is 6. The fraction of sp³-hybridized carbons (Fsp3) is 0.583. The standard InChI is InChI=1S/C15H24O2.C9H11N3O2S/c1-11(2)7-8-13-14(3,17-13)12-6-4-5-9-15(12)10-16-15;10-6-1-3-7(4-2-6)15-5-8(13)12-9(11)14/h7,12-13H,4-6,8-10H2,1-3H3;1-4H,5,10H2,(H3,11,12,13,14). The number of benzene rings is 1. The van der Waals surface area contributed by atoms with E-state index in [2.05, 4.69) is 26.8 Å². The third-order valence-electron chi connectivity index (χ3n) is 6.42. The number of thioether (sulfide) groups is 1. The lowest BCUT2D eigenvalue weighted by Crippen LogP contribution is -2.39. The number of ether oxygens (including phenoxy) is 2. The molecule has 5 N–H and O–H groups in total. The summed E-state index contributed by atoms with van der Waals surface area (Å²) in [6.07, 6.45) is 9.05. The van der Waals surface area contributed by atoms with Gasteiger partial charge in [-0.15, -0.1) is 11.8 Å². The monoisotopic (exact) mass is 461 g/mol. The molecule has 7 nitrogen and oxygen atoms in total. The molecule has 176 valence electrons. The molecule has 1 saturated carbocycles. The molecule has 4 atom stereocenters. The number of epoxide rings is 2. The molecule has 0 radical (unpaired) electrons. The highest BCUT2D eigenvalue weighted by Crippen LogP contribution is 2.58. The van der Waals surface area contributed by atoms with Crippen molar-refractivity contribution in [2.45, 2.75) is 75.1 Å². The highest BCUT2D eigenvalue weighted by Gasteiger charge is 2.67. The molecule has 3 aliphatic rings. The van der Waals surface area contributed by atoms with Crippen LogP contribution >= 0.6 is 11.8 Å². The topological polar surface area (TPSA) is 123 Å². The summed E-state index contributed by atoms with van der Waals surface area (Å²) in [4.78, 5) is 22.3. The Balaban J connectivity index is 0.000000183. The van der Waals surface area contributed by atoms with Gasteiger partial charge in [0.2, 0.25) is 5.91 Å². The first-order chi connectivity index (χ1) is 15.1. The zero-order chi connectivity index (χ0) is 23.4. The van der Waals surface area contributed by atoms with E-state index >= 15 is 0 Å². The van der Waals surface area contributed by atoms with Crippen molar-refractivity contribution in [1.82, 2.24) is 5.32 Å². The number of carbonyl (C=O) groups is 2. The molecule has 4 unspecified atom stereocenters. The van der Waals surface area contributed by atoms with Crippen LogP contribution in [0.25, 0.3) is 0 Å². The Morgan fingerprint density at radius 1 is 1.25 bits per heavy atom. The summed E-state index contributed by atoms with van der Waals surface area (Å²) in [6.45, 7) is 7.60. The Labute approximate surface area is 194 Å². The molecule has 1 spiro atoms. The predicted molar refractivity (Wildman–Crippen MR) is 127 cm³/mol. The van der Waals surface area contributed by atoms with Gasteiger partial charge < -0.3 is 20.9 Å². The van der Waals surface area contributed by atoms with Crippen LogP contribution in [0, 0.1) is 5.92 Å². The maximum atomic E-state index is 11.0. The van der Waals surface area contributed by atoms with E-state index in [0.29, 0.717) is 17.7 Å². The number of anilines is 1. The number of urea groups is 1. The van der Waals surface area contributed by atoms with E-state index in [4.69, 9.17) is 20.9 Å². The number of allylic oxidation sites excluding steroid dienone is 1. The van der Waals surface area contributed by atoms with E-state index in [9.17, 15) is 9.59 Å². The predicted octanol–water partition coefficient (Wildman–Crippen LogP) is 4.02. The van der Waals surface area contributed by atoms with E-state index < -0.39 is 11.9 Å². The fourth-order valence-corrected chi connectivity index (χ4v) is 5.25. The van der Waals surface area contributed by atoms with Crippen molar-refractivity contribution >= 4 is 29.4 Å². The van der Waals surface area contributed by atoms with Gasteiger partial charge in [0.15, 0.2) is 0 Å². The van der Waals surface area contributed by atoms with Crippen LogP contribution in [0.2, 0.25) is 0 Å². The molecule has 0 bridgehead atoms. The fourth-order valence-electron chi connectivity index (χ4n) is 4.55. The minimum absolute atomic E-state index is 0.100. The molecule has 0 aromatic heterocycles. The van der Waals surface area contributed by atoms with Gasteiger partial charge in [-0.3, -0.25) is 10.1 Å². The van der Waals surface area contributed by atoms with Crippen molar-refractivity contribution in [3.8, 4) is 0 Å². The molecule has 2 aliphatic heterocycles. The molecule has 32 heavy (non-hydrogen) atoms. The molecule has 1 aromatic rings. The average molecular weight is 462 g/mol. The van der Waals surface area contributed by atoms with Crippen molar-refractivity contribution in [2.75, 3.05) is 18.1 Å². The van der Waals surface area contributed by atoms with Gasteiger partial charge in [0, 0.05) is 16.5 Å². The van der Waals surface area contributed by atoms with Crippen molar-refractivity contribution in [2.24, 2.45) is 11.7 Å². The van der Waals surface area contributed by atoms with Crippen LogP contribution in [0.5, 0.6) is 0 Å². The highest BCUT2D eigenvalue weighted by atomic mass is 32.2. The van der Waals surface area contributed by atoms with Gasteiger partial charge in [0.25, 0.3) is 0 Å². The van der Waals surface area contributed by atoms with Gasteiger partial charge in [-0.2, -0.15) is 0 Å². The Bertz CT molecular complexity index is 849. The molecule has 2 saturated heterocycles. The van der Waals surface area contributed by atoms with Crippen LogP contribution in [0.4, 0.5) is 10.5 Å². The summed E-state index contributed by atoms with van der Waals surface area (Å²) in [5.74, 6) is 0.371. The Morgan fingerprint density at radius 3 is 2.53 bits per heavy atom. The summed E-state index contributed by atoms with van der Waals surface area (Å²) in [5.41, 5.74) is 12.7. The number of nitrogen functional groups attached to an aromatic ring is 1. The number of nitrogens with one attached hydrogen (secondary N) is 1. The van der Waals surface area contributed by atoms with Gasteiger partial charge >= 0.3 is 6.03 Å². The first-order valence-electron chi connectivity index (χ1n) is 11.2. The number of amides is 3. The largest absolute Gasteiger partial charge is 0.399 e. The van der Waals surface area contributed by atoms with E-state index in [1.807, 2.05) is 5.32 Å². The van der Waals surface area contributed by atoms with E-state index in [-0.39, 0.29) is 17.0 Å². The van der Waals surface area contributed by atoms with Crippen LogP contribution in [-0.4, -0.2) is 41.6 Å². The van der Waals surface area contributed by atoms with Crippen LogP contribution in [0.1, 0.15) is 52.9 Å².